The Kier molecular flexibility index (Phi) is 6.73. The Labute approximate surface area is 211 Å². The van der Waals surface area contributed by atoms with E-state index in [0.717, 1.165) is 60.5 Å². The maximum absolute atomic E-state index is 12.7. The molecule has 2 aromatic carbocycles. The van der Waals surface area contributed by atoms with Gasteiger partial charge in [0.1, 0.15) is 17.9 Å². The van der Waals surface area contributed by atoms with Crippen molar-refractivity contribution in [1.29, 1.82) is 5.26 Å². The zero-order valence-electron chi connectivity index (χ0n) is 20.2. The molecule has 2 aliphatic rings. The molecule has 0 bridgehead atoms. The van der Waals surface area contributed by atoms with E-state index in [1.165, 1.54) is 0 Å². The van der Waals surface area contributed by atoms with Crippen LogP contribution in [-0.2, 0) is 9.47 Å². The molecule has 1 saturated carbocycles. The second kappa shape index (κ2) is 9.98. The lowest BCUT2D eigenvalue weighted by Crippen LogP contribution is -2.32. The van der Waals surface area contributed by atoms with Crippen LogP contribution >= 0.6 is 0 Å². The third kappa shape index (κ3) is 5.37. The molecule has 1 amide bonds. The minimum atomic E-state index is -4.64. The summed E-state index contributed by atoms with van der Waals surface area (Å²) in [5, 5.41) is 13.2. The number of ether oxygens (including phenoxy) is 3. The number of fused-ring (bicyclic) bond motifs is 1. The number of nitrogens with zero attached hydrogens (tertiary/aromatic N) is 2. The van der Waals surface area contributed by atoms with Gasteiger partial charge in [-0.2, -0.15) is 18.4 Å². The Morgan fingerprint density at radius 1 is 1.14 bits per heavy atom. The van der Waals surface area contributed by atoms with Crippen molar-refractivity contribution in [3.8, 4) is 23.1 Å². The summed E-state index contributed by atoms with van der Waals surface area (Å²) >= 11 is 0. The second-order valence-electron chi connectivity index (χ2n) is 9.34. The van der Waals surface area contributed by atoms with Gasteiger partial charge in [0.2, 0.25) is 0 Å². The van der Waals surface area contributed by atoms with Crippen molar-refractivity contribution < 1.29 is 32.2 Å². The van der Waals surface area contributed by atoms with Crippen LogP contribution in [0.3, 0.4) is 0 Å². The fraction of sp³-hybridized carbons (Fsp3) is 0.407. The lowest BCUT2D eigenvalue weighted by molar-refractivity contribution is -0.196. The molecule has 3 aromatic rings. The second-order valence-corrected chi connectivity index (χ2v) is 9.34. The van der Waals surface area contributed by atoms with Gasteiger partial charge in [-0.25, -0.2) is 4.79 Å². The zero-order chi connectivity index (χ0) is 26.2. The number of hydrogen-bond acceptors (Lipinski definition) is 5. The normalized spacial score (nSPS) is 17.3. The molecule has 1 aliphatic heterocycles. The van der Waals surface area contributed by atoms with Crippen molar-refractivity contribution in [2.45, 2.75) is 57.0 Å². The van der Waals surface area contributed by atoms with Crippen LogP contribution in [0.5, 0.6) is 5.75 Å². The van der Waals surface area contributed by atoms with Gasteiger partial charge in [0.25, 0.3) is 0 Å². The van der Waals surface area contributed by atoms with E-state index in [1.54, 1.807) is 24.3 Å². The number of hydrogen-bond donors (Lipinski definition) is 1. The van der Waals surface area contributed by atoms with Crippen LogP contribution in [0.25, 0.3) is 22.2 Å². The molecule has 1 aliphatic carbocycles. The van der Waals surface area contributed by atoms with E-state index < -0.39 is 18.4 Å². The average molecular weight is 514 g/mol. The average Bonchev–Trinajstić information content (AvgIpc) is 3.65. The molecule has 7 nitrogen and oxygen atoms in total. The quantitative estimate of drug-likeness (QED) is 0.403. The first-order valence-electron chi connectivity index (χ1n) is 12.2. The smallest absolute Gasteiger partial charge is 0.425 e. The summed E-state index contributed by atoms with van der Waals surface area (Å²) in [5.74, 6) is 0.751. The standard InChI is InChI=1S/C27H26F3N3O4/c1-16(27(28,29)30)36-26(34)32-18-4-2-17(3-5-18)25-23(15-31)22-9-8-21(37-20-10-12-35-13-11-20)14-24(22)33(25)19-6-7-19/h2-5,8-9,14,16,19-20H,6-7,10-13H2,1H3,(H,32,34). The van der Waals surface area contributed by atoms with Crippen molar-refractivity contribution in [1.82, 2.24) is 4.57 Å². The van der Waals surface area contributed by atoms with E-state index in [2.05, 4.69) is 20.7 Å². The fourth-order valence-electron chi connectivity index (χ4n) is 4.54. The minimum absolute atomic E-state index is 0.0938. The van der Waals surface area contributed by atoms with E-state index in [9.17, 15) is 23.2 Å². The number of nitriles is 1. The first kappa shape index (κ1) is 25.0. The van der Waals surface area contributed by atoms with Crippen LogP contribution in [0.15, 0.2) is 42.5 Å². The van der Waals surface area contributed by atoms with E-state index in [4.69, 9.17) is 9.47 Å². The topological polar surface area (TPSA) is 85.5 Å². The summed E-state index contributed by atoms with van der Waals surface area (Å²) in [5.41, 5.74) is 3.27. The molecule has 2 fully saturated rings. The van der Waals surface area contributed by atoms with Crippen molar-refractivity contribution >= 4 is 22.7 Å². The number of benzene rings is 2. The summed E-state index contributed by atoms with van der Waals surface area (Å²) in [6, 6.07) is 15.0. The van der Waals surface area contributed by atoms with Gasteiger partial charge in [-0.1, -0.05) is 12.1 Å². The Balaban J connectivity index is 1.43. The first-order valence-corrected chi connectivity index (χ1v) is 12.2. The molecule has 0 radical (unpaired) electrons. The third-order valence-corrected chi connectivity index (χ3v) is 6.62. The van der Waals surface area contributed by atoms with Crippen molar-refractivity contribution in [3.63, 3.8) is 0 Å². The number of aromatic nitrogens is 1. The van der Waals surface area contributed by atoms with E-state index in [1.807, 2.05) is 18.2 Å². The van der Waals surface area contributed by atoms with Gasteiger partial charge in [0.05, 0.1) is 30.0 Å². The number of carbonyl (C=O) groups excluding carboxylic acids is 1. The van der Waals surface area contributed by atoms with Gasteiger partial charge < -0.3 is 18.8 Å². The Hall–Kier alpha value is -3.71. The molecule has 1 atom stereocenters. The van der Waals surface area contributed by atoms with Crippen LogP contribution < -0.4 is 10.1 Å². The number of alkyl halides is 3. The summed E-state index contributed by atoms with van der Waals surface area (Å²) in [7, 11) is 0. The molecule has 1 aromatic heterocycles. The van der Waals surface area contributed by atoms with E-state index in [-0.39, 0.29) is 17.8 Å². The fourth-order valence-corrected chi connectivity index (χ4v) is 4.54. The van der Waals surface area contributed by atoms with Crippen LogP contribution in [0.4, 0.5) is 23.7 Å². The van der Waals surface area contributed by atoms with Crippen LogP contribution in [0.2, 0.25) is 0 Å². The lowest BCUT2D eigenvalue weighted by atomic mass is 10.1. The van der Waals surface area contributed by atoms with Gasteiger partial charge in [-0.3, -0.25) is 5.32 Å². The molecular formula is C27H26F3N3O4. The number of amides is 1. The van der Waals surface area contributed by atoms with Crippen molar-refractivity contribution in [2.75, 3.05) is 18.5 Å². The number of rotatable bonds is 6. The van der Waals surface area contributed by atoms with E-state index >= 15 is 0 Å². The van der Waals surface area contributed by atoms with Gasteiger partial charge in [0.15, 0.2) is 6.10 Å². The zero-order valence-corrected chi connectivity index (χ0v) is 20.2. The van der Waals surface area contributed by atoms with Crippen LogP contribution in [-0.4, -0.2) is 42.3 Å². The number of nitrogens with one attached hydrogen (secondary N) is 1. The molecule has 1 N–H and O–H groups in total. The van der Waals surface area contributed by atoms with Crippen LogP contribution in [0, 0.1) is 11.3 Å². The molecule has 5 rings (SSSR count). The highest BCUT2D eigenvalue weighted by molar-refractivity contribution is 5.96. The molecule has 2 heterocycles. The maximum atomic E-state index is 12.7. The molecule has 0 spiro atoms. The molecule has 37 heavy (non-hydrogen) atoms. The molecule has 10 heteroatoms. The Bertz CT molecular complexity index is 1330. The summed E-state index contributed by atoms with van der Waals surface area (Å²) < 4.78 is 56.1. The van der Waals surface area contributed by atoms with E-state index in [0.29, 0.717) is 18.8 Å². The first-order chi connectivity index (χ1) is 17.7. The minimum Gasteiger partial charge on any atom is -0.490 e. The monoisotopic (exact) mass is 513 g/mol. The summed E-state index contributed by atoms with van der Waals surface area (Å²) in [6.45, 7) is 2.12. The van der Waals surface area contributed by atoms with Crippen LogP contribution in [0.1, 0.15) is 44.2 Å². The molecule has 1 unspecified atom stereocenters. The lowest BCUT2D eigenvalue weighted by Gasteiger charge is -2.23. The van der Waals surface area contributed by atoms with Gasteiger partial charge in [0, 0.05) is 36.0 Å². The number of carbonyl (C=O) groups is 1. The van der Waals surface area contributed by atoms with Gasteiger partial charge in [-0.15, -0.1) is 0 Å². The highest BCUT2D eigenvalue weighted by Crippen LogP contribution is 2.45. The number of halogens is 3. The van der Waals surface area contributed by atoms with Gasteiger partial charge in [-0.05, 0) is 49.6 Å². The highest BCUT2D eigenvalue weighted by Gasteiger charge is 2.39. The summed E-state index contributed by atoms with van der Waals surface area (Å²) in [4.78, 5) is 11.9. The Morgan fingerprint density at radius 2 is 1.84 bits per heavy atom. The largest absolute Gasteiger partial charge is 0.490 e. The molecule has 194 valence electrons. The third-order valence-electron chi connectivity index (χ3n) is 6.62. The summed E-state index contributed by atoms with van der Waals surface area (Å²) in [6.07, 6.45) is -4.31. The Morgan fingerprint density at radius 3 is 2.46 bits per heavy atom. The van der Waals surface area contributed by atoms with Crippen molar-refractivity contribution in [3.05, 3.63) is 48.0 Å². The molecular weight excluding hydrogens is 487 g/mol. The number of anilines is 1. The van der Waals surface area contributed by atoms with Crippen molar-refractivity contribution in [2.24, 2.45) is 0 Å². The predicted octanol–water partition coefficient (Wildman–Crippen LogP) is 6.57. The SMILES string of the molecule is CC(OC(=O)Nc1ccc(-c2c(C#N)c3ccc(OC4CCOCC4)cc3n2C2CC2)cc1)C(F)(F)F. The maximum Gasteiger partial charge on any atom is 0.425 e. The highest BCUT2D eigenvalue weighted by atomic mass is 19.4. The predicted molar refractivity (Wildman–Crippen MR) is 130 cm³/mol. The van der Waals surface area contributed by atoms with Gasteiger partial charge >= 0.3 is 12.3 Å². The molecule has 1 saturated heterocycles.